The van der Waals surface area contributed by atoms with Gasteiger partial charge in [-0.25, -0.2) is 4.39 Å². The Morgan fingerprint density at radius 3 is 2.47 bits per heavy atom. The molecule has 0 aromatic heterocycles. The average Bonchev–Trinajstić information content (AvgIpc) is 2.78. The fraction of sp³-hybridized carbons (Fsp3) is 0.280. The summed E-state index contributed by atoms with van der Waals surface area (Å²) in [6.45, 7) is 2.93. The van der Waals surface area contributed by atoms with E-state index in [-0.39, 0.29) is 12.4 Å². The van der Waals surface area contributed by atoms with Crippen molar-refractivity contribution >= 4 is 50.5 Å². The average molecular weight is 538 g/mol. The highest BCUT2D eigenvalue weighted by Gasteiger charge is 2.14. The molecule has 1 aliphatic rings. The fourth-order valence-electron chi connectivity index (χ4n) is 3.83. The van der Waals surface area contributed by atoms with Crippen LogP contribution in [0.1, 0.15) is 30.4 Å². The van der Waals surface area contributed by atoms with E-state index in [1.807, 2.05) is 24.3 Å². The predicted octanol–water partition coefficient (Wildman–Crippen LogP) is 8.08. The molecule has 7 heteroatoms. The largest absolute Gasteiger partial charge is 0.488 e. The van der Waals surface area contributed by atoms with Gasteiger partial charge in [0.25, 0.3) is 0 Å². The molecule has 1 fully saturated rings. The highest BCUT2D eigenvalue weighted by Crippen LogP contribution is 2.32. The second kappa shape index (κ2) is 10.8. The molecule has 0 saturated carbocycles. The standard InChI is InChI=1S/C25H24BrCl2FN2O/c26-19-5-9-25(32-16-17-4-6-20(29)13-22(17)27)18(12-19)15-30-21-7-8-24(23(28)14-21)31-10-2-1-3-11-31/h4-9,12-14,30H,1-3,10-11,15-16H2. The first-order valence-electron chi connectivity index (χ1n) is 10.6. The van der Waals surface area contributed by atoms with Crippen LogP contribution in [0.25, 0.3) is 0 Å². The Balaban J connectivity index is 1.43. The normalized spacial score (nSPS) is 13.8. The topological polar surface area (TPSA) is 24.5 Å². The summed E-state index contributed by atoms with van der Waals surface area (Å²) in [6.07, 6.45) is 3.72. The monoisotopic (exact) mass is 536 g/mol. The van der Waals surface area contributed by atoms with Gasteiger partial charge in [-0.3, -0.25) is 0 Å². The van der Waals surface area contributed by atoms with Crippen molar-refractivity contribution in [2.24, 2.45) is 0 Å². The van der Waals surface area contributed by atoms with E-state index in [2.05, 4.69) is 38.3 Å². The third-order valence-corrected chi connectivity index (χ3v) is 6.70. The number of rotatable bonds is 7. The molecule has 1 saturated heterocycles. The van der Waals surface area contributed by atoms with Gasteiger partial charge in [-0.1, -0.05) is 45.2 Å². The van der Waals surface area contributed by atoms with Crippen LogP contribution >= 0.6 is 39.1 Å². The number of ether oxygens (including phenoxy) is 1. The Morgan fingerprint density at radius 1 is 0.906 bits per heavy atom. The van der Waals surface area contributed by atoms with E-state index in [1.54, 1.807) is 6.07 Å². The van der Waals surface area contributed by atoms with Crippen LogP contribution in [0.4, 0.5) is 15.8 Å². The lowest BCUT2D eigenvalue weighted by molar-refractivity contribution is 0.303. The number of anilines is 2. The number of piperidine rings is 1. The molecule has 0 spiro atoms. The molecule has 32 heavy (non-hydrogen) atoms. The minimum absolute atomic E-state index is 0.254. The summed E-state index contributed by atoms with van der Waals surface area (Å²) >= 11 is 16.3. The molecule has 168 valence electrons. The van der Waals surface area contributed by atoms with Crippen LogP contribution in [-0.2, 0) is 13.2 Å². The van der Waals surface area contributed by atoms with E-state index in [0.717, 1.165) is 50.8 Å². The van der Waals surface area contributed by atoms with Gasteiger partial charge in [-0.05, 0) is 67.8 Å². The summed E-state index contributed by atoms with van der Waals surface area (Å²) < 4.78 is 20.3. The van der Waals surface area contributed by atoms with Gasteiger partial charge in [-0.2, -0.15) is 0 Å². The summed E-state index contributed by atoms with van der Waals surface area (Å²) in [5, 5.41) is 4.55. The molecule has 3 nitrogen and oxygen atoms in total. The molecule has 0 amide bonds. The van der Waals surface area contributed by atoms with Crippen LogP contribution < -0.4 is 15.0 Å². The summed E-state index contributed by atoms with van der Waals surface area (Å²) in [7, 11) is 0. The molecular weight excluding hydrogens is 514 g/mol. The zero-order valence-corrected chi connectivity index (χ0v) is 20.6. The van der Waals surface area contributed by atoms with Crippen LogP contribution in [0, 0.1) is 5.82 Å². The maximum absolute atomic E-state index is 13.3. The lowest BCUT2D eigenvalue weighted by Crippen LogP contribution is -2.29. The molecule has 4 rings (SSSR count). The van der Waals surface area contributed by atoms with E-state index in [4.69, 9.17) is 27.9 Å². The minimum Gasteiger partial charge on any atom is -0.488 e. The lowest BCUT2D eigenvalue weighted by atomic mass is 10.1. The van der Waals surface area contributed by atoms with Gasteiger partial charge in [0.2, 0.25) is 0 Å². The molecule has 0 bridgehead atoms. The first-order valence-corrected chi connectivity index (χ1v) is 12.2. The van der Waals surface area contributed by atoms with Crippen LogP contribution in [0.15, 0.2) is 59.1 Å². The van der Waals surface area contributed by atoms with Crippen molar-refractivity contribution in [2.45, 2.75) is 32.4 Å². The Labute approximate surface area is 206 Å². The fourth-order valence-corrected chi connectivity index (χ4v) is 4.76. The molecule has 1 heterocycles. The maximum Gasteiger partial charge on any atom is 0.124 e. The van der Waals surface area contributed by atoms with E-state index in [9.17, 15) is 4.39 Å². The summed E-state index contributed by atoms with van der Waals surface area (Å²) in [5.41, 5.74) is 3.76. The summed E-state index contributed by atoms with van der Waals surface area (Å²) in [4.78, 5) is 2.36. The zero-order valence-electron chi connectivity index (χ0n) is 17.5. The van der Waals surface area contributed by atoms with Crippen LogP contribution in [-0.4, -0.2) is 13.1 Å². The smallest absolute Gasteiger partial charge is 0.124 e. The lowest BCUT2D eigenvalue weighted by Gasteiger charge is -2.29. The van der Waals surface area contributed by atoms with Crippen molar-refractivity contribution in [2.75, 3.05) is 23.3 Å². The molecule has 0 radical (unpaired) electrons. The van der Waals surface area contributed by atoms with Gasteiger partial charge in [0.05, 0.1) is 15.7 Å². The van der Waals surface area contributed by atoms with Crippen molar-refractivity contribution in [3.05, 3.63) is 86.1 Å². The predicted molar refractivity (Wildman–Crippen MR) is 135 cm³/mol. The van der Waals surface area contributed by atoms with E-state index >= 15 is 0 Å². The molecule has 1 N–H and O–H groups in total. The number of hydrogen-bond acceptors (Lipinski definition) is 3. The molecule has 3 aromatic carbocycles. The van der Waals surface area contributed by atoms with Gasteiger partial charge < -0.3 is 15.0 Å². The molecule has 0 atom stereocenters. The first-order chi connectivity index (χ1) is 15.5. The maximum atomic E-state index is 13.3. The Kier molecular flexibility index (Phi) is 7.82. The number of nitrogens with zero attached hydrogens (tertiary/aromatic N) is 1. The highest BCUT2D eigenvalue weighted by atomic mass is 79.9. The molecular formula is C25H24BrCl2FN2O. The number of halogens is 4. The molecule has 0 aliphatic carbocycles. The van der Waals surface area contributed by atoms with Crippen LogP contribution in [0.5, 0.6) is 5.75 Å². The third kappa shape index (κ3) is 5.89. The summed E-state index contributed by atoms with van der Waals surface area (Å²) in [6, 6.07) is 16.3. The number of hydrogen-bond donors (Lipinski definition) is 1. The molecule has 1 aliphatic heterocycles. The Hall–Kier alpha value is -1.95. The second-order valence-electron chi connectivity index (χ2n) is 7.84. The van der Waals surface area contributed by atoms with Crippen molar-refractivity contribution < 1.29 is 9.13 Å². The molecule has 0 unspecified atom stereocenters. The van der Waals surface area contributed by atoms with Gasteiger partial charge in [-0.15, -0.1) is 0 Å². The summed E-state index contributed by atoms with van der Waals surface area (Å²) in [5.74, 6) is 0.370. The third-order valence-electron chi connectivity index (χ3n) is 5.55. The minimum atomic E-state index is -0.364. The number of benzene rings is 3. The van der Waals surface area contributed by atoms with Crippen LogP contribution in [0.2, 0.25) is 10.0 Å². The quantitative estimate of drug-likeness (QED) is 0.329. The van der Waals surface area contributed by atoms with Crippen molar-refractivity contribution in [1.82, 2.24) is 0 Å². The van der Waals surface area contributed by atoms with Crippen molar-refractivity contribution in [1.29, 1.82) is 0 Å². The van der Waals surface area contributed by atoms with Crippen LogP contribution in [0.3, 0.4) is 0 Å². The van der Waals surface area contributed by atoms with Crippen molar-refractivity contribution in [3.8, 4) is 5.75 Å². The van der Waals surface area contributed by atoms with Gasteiger partial charge in [0.15, 0.2) is 0 Å². The van der Waals surface area contributed by atoms with E-state index < -0.39 is 0 Å². The highest BCUT2D eigenvalue weighted by molar-refractivity contribution is 9.10. The Morgan fingerprint density at radius 2 is 1.72 bits per heavy atom. The van der Waals surface area contributed by atoms with Gasteiger partial charge in [0, 0.05) is 40.9 Å². The van der Waals surface area contributed by atoms with Gasteiger partial charge in [0.1, 0.15) is 18.2 Å². The zero-order chi connectivity index (χ0) is 22.5. The second-order valence-corrected chi connectivity index (χ2v) is 9.57. The SMILES string of the molecule is Fc1ccc(COc2ccc(Br)cc2CNc2ccc(N3CCCCC3)c(Cl)c2)c(Cl)c1. The van der Waals surface area contributed by atoms with E-state index in [0.29, 0.717) is 11.6 Å². The first kappa shape index (κ1) is 23.2. The van der Waals surface area contributed by atoms with Crippen molar-refractivity contribution in [3.63, 3.8) is 0 Å². The Bertz CT molecular complexity index is 1090. The molecule has 3 aromatic rings. The number of nitrogens with one attached hydrogen (secondary N) is 1. The van der Waals surface area contributed by atoms with E-state index in [1.165, 1.54) is 31.4 Å². The van der Waals surface area contributed by atoms with Gasteiger partial charge >= 0.3 is 0 Å².